The van der Waals surface area contributed by atoms with Gasteiger partial charge >= 0.3 is 0 Å². The molecule has 80 valence electrons. The third-order valence-corrected chi connectivity index (χ3v) is 4.96. The average molecular weight is 238 g/mol. The minimum Gasteiger partial charge on any atom is -0.286 e. The zero-order chi connectivity index (χ0) is 10.8. The van der Waals surface area contributed by atoms with E-state index in [2.05, 4.69) is 38.1 Å². The quantitative estimate of drug-likeness (QED) is 0.729. The van der Waals surface area contributed by atoms with E-state index in [-0.39, 0.29) is 5.92 Å². The van der Waals surface area contributed by atoms with Gasteiger partial charge in [0.15, 0.2) is 0 Å². The number of benzene rings is 1. The molecule has 1 saturated heterocycles. The Bertz CT molecular complexity index is 356. The van der Waals surface area contributed by atoms with Crippen LogP contribution < -0.4 is 0 Å². The molecular formula is C12H14OS2. The van der Waals surface area contributed by atoms with Crippen molar-refractivity contribution in [3.05, 3.63) is 35.4 Å². The highest BCUT2D eigenvalue weighted by molar-refractivity contribution is 8.83. The van der Waals surface area contributed by atoms with Crippen molar-refractivity contribution >= 4 is 26.7 Å². The molecule has 1 nitrogen and oxygen atoms in total. The van der Waals surface area contributed by atoms with Crippen molar-refractivity contribution in [1.29, 1.82) is 0 Å². The molecule has 1 heterocycles. The molecule has 1 aromatic carbocycles. The van der Waals surface area contributed by atoms with Gasteiger partial charge in [0.2, 0.25) is 5.12 Å². The van der Waals surface area contributed by atoms with E-state index in [4.69, 9.17) is 0 Å². The number of carbonyl (C=O) groups is 1. The smallest absolute Gasteiger partial charge is 0.207 e. The first kappa shape index (κ1) is 11.1. The Kier molecular flexibility index (Phi) is 3.42. The standard InChI is InChI=1S/C12H14OS2/c1-8(2)9-3-5-10(6-4-9)11-7-14-15-12(11)13/h3-6,8,11H,7H2,1-2H3. The van der Waals surface area contributed by atoms with E-state index in [1.165, 1.54) is 21.9 Å². The SMILES string of the molecule is CC(C)c1ccc(C2CSSC2=O)cc1. The van der Waals surface area contributed by atoms with Crippen LogP contribution in [0.25, 0.3) is 0 Å². The van der Waals surface area contributed by atoms with E-state index in [0.717, 1.165) is 5.75 Å². The van der Waals surface area contributed by atoms with Crippen LogP contribution >= 0.6 is 21.6 Å². The van der Waals surface area contributed by atoms with E-state index in [1.54, 1.807) is 10.8 Å². The molecule has 15 heavy (non-hydrogen) atoms. The molecule has 0 amide bonds. The van der Waals surface area contributed by atoms with Crippen molar-refractivity contribution in [2.24, 2.45) is 0 Å². The third-order valence-electron chi connectivity index (χ3n) is 2.67. The van der Waals surface area contributed by atoms with Crippen molar-refractivity contribution in [2.75, 3.05) is 5.75 Å². The van der Waals surface area contributed by atoms with Gasteiger partial charge in [-0.05, 0) is 27.8 Å². The van der Waals surface area contributed by atoms with Crippen molar-refractivity contribution in [1.82, 2.24) is 0 Å². The molecule has 3 heteroatoms. The lowest BCUT2D eigenvalue weighted by Gasteiger charge is -2.09. The number of hydrogen-bond donors (Lipinski definition) is 0. The van der Waals surface area contributed by atoms with Gasteiger partial charge < -0.3 is 0 Å². The molecule has 1 aliphatic rings. The van der Waals surface area contributed by atoms with Gasteiger partial charge in [-0.1, -0.05) is 48.9 Å². The van der Waals surface area contributed by atoms with Gasteiger partial charge in [0.05, 0.1) is 5.92 Å². The fourth-order valence-electron chi connectivity index (χ4n) is 1.63. The highest BCUT2D eigenvalue weighted by Crippen LogP contribution is 2.41. The molecule has 1 atom stereocenters. The second kappa shape index (κ2) is 4.62. The van der Waals surface area contributed by atoms with E-state index >= 15 is 0 Å². The first-order valence-corrected chi connectivity index (χ1v) is 7.43. The predicted octanol–water partition coefficient (Wildman–Crippen LogP) is 3.82. The van der Waals surface area contributed by atoms with Crippen molar-refractivity contribution < 1.29 is 4.79 Å². The zero-order valence-corrected chi connectivity index (χ0v) is 10.5. The van der Waals surface area contributed by atoms with Gasteiger partial charge in [0.1, 0.15) is 0 Å². The molecule has 2 rings (SSSR count). The summed E-state index contributed by atoms with van der Waals surface area (Å²) in [7, 11) is 3.05. The van der Waals surface area contributed by atoms with Crippen LogP contribution in [0.4, 0.5) is 0 Å². The second-order valence-corrected chi connectivity index (χ2v) is 6.41. The Labute approximate surface area is 98.4 Å². The van der Waals surface area contributed by atoms with Gasteiger partial charge in [-0.25, -0.2) is 0 Å². The van der Waals surface area contributed by atoms with Crippen LogP contribution in [-0.2, 0) is 4.79 Å². The van der Waals surface area contributed by atoms with Crippen LogP contribution in [0.3, 0.4) is 0 Å². The van der Waals surface area contributed by atoms with Crippen LogP contribution in [-0.4, -0.2) is 10.9 Å². The van der Waals surface area contributed by atoms with Crippen molar-refractivity contribution in [3.8, 4) is 0 Å². The normalized spacial score (nSPS) is 21.3. The summed E-state index contributed by atoms with van der Waals surface area (Å²) in [5.74, 6) is 1.59. The predicted molar refractivity (Wildman–Crippen MR) is 68.3 cm³/mol. The highest BCUT2D eigenvalue weighted by atomic mass is 33.1. The lowest BCUT2D eigenvalue weighted by atomic mass is 9.97. The van der Waals surface area contributed by atoms with Crippen LogP contribution in [0, 0.1) is 0 Å². The molecule has 1 aromatic rings. The minimum atomic E-state index is 0.112. The lowest BCUT2D eigenvalue weighted by Crippen LogP contribution is -2.05. The lowest BCUT2D eigenvalue weighted by molar-refractivity contribution is -0.111. The topological polar surface area (TPSA) is 17.1 Å². The first-order valence-electron chi connectivity index (χ1n) is 5.11. The summed E-state index contributed by atoms with van der Waals surface area (Å²) in [6, 6.07) is 8.48. The molecule has 1 fully saturated rings. The summed E-state index contributed by atoms with van der Waals surface area (Å²) in [6.07, 6.45) is 0. The first-order chi connectivity index (χ1) is 7.18. The average Bonchev–Trinajstić information content (AvgIpc) is 2.65. The van der Waals surface area contributed by atoms with Crippen LogP contribution in [0.1, 0.15) is 36.8 Å². The molecule has 1 unspecified atom stereocenters. The molecule has 0 aliphatic carbocycles. The van der Waals surface area contributed by atoms with Crippen molar-refractivity contribution in [3.63, 3.8) is 0 Å². The Morgan fingerprint density at radius 3 is 2.40 bits per heavy atom. The molecule has 0 spiro atoms. The fraction of sp³-hybridized carbons (Fsp3) is 0.417. The van der Waals surface area contributed by atoms with Gasteiger partial charge in [0, 0.05) is 5.75 Å². The number of rotatable bonds is 2. The van der Waals surface area contributed by atoms with E-state index in [1.807, 2.05) is 0 Å². The van der Waals surface area contributed by atoms with Gasteiger partial charge in [-0.15, -0.1) is 0 Å². The third kappa shape index (κ3) is 2.40. The van der Waals surface area contributed by atoms with Crippen LogP contribution in [0.5, 0.6) is 0 Å². The van der Waals surface area contributed by atoms with Gasteiger partial charge in [-0.3, -0.25) is 4.79 Å². The van der Waals surface area contributed by atoms with E-state index < -0.39 is 0 Å². The Hall–Kier alpha value is -0.410. The maximum atomic E-state index is 11.5. The van der Waals surface area contributed by atoms with Gasteiger partial charge in [0.25, 0.3) is 0 Å². The summed E-state index contributed by atoms with van der Waals surface area (Å²) < 4.78 is 0. The second-order valence-electron chi connectivity index (χ2n) is 4.06. The molecule has 0 aromatic heterocycles. The summed E-state index contributed by atoms with van der Waals surface area (Å²) in [5, 5.41) is 0.303. The molecule has 0 radical (unpaired) electrons. The van der Waals surface area contributed by atoms with E-state index in [0.29, 0.717) is 11.0 Å². The summed E-state index contributed by atoms with van der Waals surface area (Å²) >= 11 is 0. The largest absolute Gasteiger partial charge is 0.286 e. The molecule has 0 saturated carbocycles. The molecule has 0 bridgehead atoms. The Morgan fingerprint density at radius 1 is 1.27 bits per heavy atom. The molecular weight excluding hydrogens is 224 g/mol. The monoisotopic (exact) mass is 238 g/mol. The van der Waals surface area contributed by atoms with Crippen LogP contribution in [0.2, 0.25) is 0 Å². The minimum absolute atomic E-state index is 0.112. The highest BCUT2D eigenvalue weighted by Gasteiger charge is 2.27. The summed E-state index contributed by atoms with van der Waals surface area (Å²) in [4.78, 5) is 11.5. The van der Waals surface area contributed by atoms with Gasteiger partial charge in [-0.2, -0.15) is 0 Å². The number of carbonyl (C=O) groups excluding carboxylic acids is 1. The summed E-state index contributed by atoms with van der Waals surface area (Å²) in [6.45, 7) is 4.36. The fourth-order valence-corrected chi connectivity index (χ4v) is 4.05. The molecule has 1 aliphatic heterocycles. The van der Waals surface area contributed by atoms with Crippen molar-refractivity contribution in [2.45, 2.75) is 25.7 Å². The van der Waals surface area contributed by atoms with E-state index in [9.17, 15) is 4.79 Å². The van der Waals surface area contributed by atoms with Crippen LogP contribution in [0.15, 0.2) is 24.3 Å². The molecule has 0 N–H and O–H groups in total. The maximum absolute atomic E-state index is 11.5. The Balaban J connectivity index is 2.19. The zero-order valence-electron chi connectivity index (χ0n) is 8.90. The Morgan fingerprint density at radius 2 is 1.93 bits per heavy atom. The summed E-state index contributed by atoms with van der Waals surface area (Å²) in [5.41, 5.74) is 2.51. The number of hydrogen-bond acceptors (Lipinski definition) is 3. The maximum Gasteiger partial charge on any atom is 0.207 e.